The van der Waals surface area contributed by atoms with Gasteiger partial charge in [-0.2, -0.15) is 0 Å². The fourth-order valence-electron chi connectivity index (χ4n) is 2.50. The lowest BCUT2D eigenvalue weighted by Gasteiger charge is -2.07. The Balaban J connectivity index is 1.51. The number of methoxy groups -OCH3 is 1. The zero-order chi connectivity index (χ0) is 14.5. The van der Waals surface area contributed by atoms with Gasteiger partial charge in [-0.05, 0) is 53.7 Å². The Labute approximate surface area is 125 Å². The van der Waals surface area contributed by atoms with Crippen molar-refractivity contribution in [2.75, 3.05) is 13.7 Å². The van der Waals surface area contributed by atoms with Crippen molar-refractivity contribution in [3.63, 3.8) is 0 Å². The van der Waals surface area contributed by atoms with Gasteiger partial charge in [-0.25, -0.2) is 0 Å². The van der Waals surface area contributed by atoms with Crippen LogP contribution in [0.3, 0.4) is 0 Å². The Morgan fingerprint density at radius 1 is 1.05 bits per heavy atom. The number of benzene rings is 2. The predicted octanol–water partition coefficient (Wildman–Crippen LogP) is 3.51. The van der Waals surface area contributed by atoms with Crippen LogP contribution in [0.4, 0.5) is 0 Å². The van der Waals surface area contributed by atoms with Gasteiger partial charge in [-0.3, -0.25) is 0 Å². The predicted molar refractivity (Wildman–Crippen MR) is 86.7 cm³/mol. The van der Waals surface area contributed by atoms with Crippen LogP contribution >= 0.6 is 0 Å². The van der Waals surface area contributed by atoms with Crippen LogP contribution < -0.4 is 10.1 Å². The molecule has 3 nitrogen and oxygen atoms in total. The van der Waals surface area contributed by atoms with Crippen LogP contribution in [0.5, 0.6) is 5.75 Å². The molecule has 0 saturated heterocycles. The molecule has 2 N–H and O–H groups in total. The first kappa shape index (κ1) is 13.7. The molecule has 2 aromatic carbocycles. The summed E-state index contributed by atoms with van der Waals surface area (Å²) in [6.07, 6.45) is 2.98. The molecule has 3 aromatic rings. The third kappa shape index (κ3) is 3.44. The minimum Gasteiger partial charge on any atom is -0.497 e. The first-order valence-corrected chi connectivity index (χ1v) is 7.25. The zero-order valence-corrected chi connectivity index (χ0v) is 12.2. The number of aromatic nitrogens is 1. The highest BCUT2D eigenvalue weighted by molar-refractivity contribution is 5.79. The van der Waals surface area contributed by atoms with Crippen molar-refractivity contribution in [2.24, 2.45) is 0 Å². The fraction of sp³-hybridized carbons (Fsp3) is 0.222. The normalized spacial score (nSPS) is 10.9. The summed E-state index contributed by atoms with van der Waals surface area (Å²) in [6, 6.07) is 16.9. The summed E-state index contributed by atoms with van der Waals surface area (Å²) in [4.78, 5) is 3.25. The molecule has 0 saturated carbocycles. The molecule has 1 aromatic heterocycles. The highest BCUT2D eigenvalue weighted by atomic mass is 16.5. The molecule has 1 heterocycles. The summed E-state index contributed by atoms with van der Waals surface area (Å²) >= 11 is 0. The van der Waals surface area contributed by atoms with E-state index in [-0.39, 0.29) is 0 Å². The summed E-state index contributed by atoms with van der Waals surface area (Å²) in [6.45, 7) is 1.84. The molecule has 0 aliphatic heterocycles. The van der Waals surface area contributed by atoms with Gasteiger partial charge < -0.3 is 15.0 Å². The maximum absolute atomic E-state index is 5.24. The average Bonchev–Trinajstić information content (AvgIpc) is 2.99. The van der Waals surface area contributed by atoms with E-state index in [1.807, 2.05) is 18.3 Å². The van der Waals surface area contributed by atoms with Crippen molar-refractivity contribution in [3.05, 3.63) is 65.9 Å². The summed E-state index contributed by atoms with van der Waals surface area (Å²) in [5, 5.41) is 4.75. The van der Waals surface area contributed by atoms with Gasteiger partial charge in [-0.15, -0.1) is 0 Å². The van der Waals surface area contributed by atoms with E-state index in [2.05, 4.69) is 46.7 Å². The topological polar surface area (TPSA) is 37.0 Å². The van der Waals surface area contributed by atoms with Gasteiger partial charge in [-0.1, -0.05) is 24.3 Å². The molecular formula is C18H20N2O. The molecule has 0 aliphatic carbocycles. The molecule has 0 spiro atoms. The smallest absolute Gasteiger partial charge is 0.119 e. The monoisotopic (exact) mass is 280 g/mol. The molecule has 0 fully saturated rings. The van der Waals surface area contributed by atoms with Crippen molar-refractivity contribution >= 4 is 10.9 Å². The van der Waals surface area contributed by atoms with Crippen molar-refractivity contribution in [1.29, 1.82) is 0 Å². The summed E-state index contributed by atoms with van der Waals surface area (Å²) in [5.41, 5.74) is 3.79. The van der Waals surface area contributed by atoms with Crippen molar-refractivity contribution in [2.45, 2.75) is 13.0 Å². The van der Waals surface area contributed by atoms with Crippen LogP contribution in [0.2, 0.25) is 0 Å². The summed E-state index contributed by atoms with van der Waals surface area (Å²) in [7, 11) is 1.70. The molecule has 3 rings (SSSR count). The summed E-state index contributed by atoms with van der Waals surface area (Å²) in [5.74, 6) is 0.921. The molecule has 0 unspecified atom stereocenters. The second kappa shape index (κ2) is 6.46. The van der Waals surface area contributed by atoms with Crippen LogP contribution in [0, 0.1) is 0 Å². The first-order chi connectivity index (χ1) is 10.3. The van der Waals surface area contributed by atoms with E-state index in [1.54, 1.807) is 7.11 Å². The molecule has 3 heteroatoms. The molecular weight excluding hydrogens is 260 g/mol. The Kier molecular flexibility index (Phi) is 4.22. The second-order valence-corrected chi connectivity index (χ2v) is 5.18. The van der Waals surface area contributed by atoms with Gasteiger partial charge >= 0.3 is 0 Å². The van der Waals surface area contributed by atoms with Gasteiger partial charge in [0.1, 0.15) is 5.75 Å². The van der Waals surface area contributed by atoms with Gasteiger partial charge in [0, 0.05) is 18.3 Å². The Hall–Kier alpha value is -2.26. The first-order valence-electron chi connectivity index (χ1n) is 7.25. The lowest BCUT2D eigenvalue weighted by Crippen LogP contribution is -2.16. The third-order valence-electron chi connectivity index (χ3n) is 3.67. The van der Waals surface area contributed by atoms with Crippen LogP contribution in [-0.4, -0.2) is 18.6 Å². The Morgan fingerprint density at radius 2 is 2.00 bits per heavy atom. The van der Waals surface area contributed by atoms with E-state index in [0.717, 1.165) is 25.3 Å². The van der Waals surface area contributed by atoms with Gasteiger partial charge in [0.25, 0.3) is 0 Å². The van der Waals surface area contributed by atoms with E-state index in [4.69, 9.17) is 4.74 Å². The van der Waals surface area contributed by atoms with Crippen LogP contribution in [-0.2, 0) is 13.0 Å². The third-order valence-corrected chi connectivity index (χ3v) is 3.67. The number of aromatic amines is 1. The van der Waals surface area contributed by atoms with E-state index in [0.29, 0.717) is 0 Å². The molecule has 21 heavy (non-hydrogen) atoms. The number of hydrogen-bond donors (Lipinski definition) is 2. The number of nitrogens with one attached hydrogen (secondary N) is 2. The van der Waals surface area contributed by atoms with E-state index in [9.17, 15) is 0 Å². The minimum atomic E-state index is 0.888. The maximum atomic E-state index is 5.24. The van der Waals surface area contributed by atoms with Gasteiger partial charge in [0.05, 0.1) is 7.11 Å². The molecule has 108 valence electrons. The molecule has 0 amide bonds. The Bertz CT molecular complexity index is 718. The quantitative estimate of drug-likeness (QED) is 0.678. The fourth-order valence-corrected chi connectivity index (χ4v) is 2.50. The lowest BCUT2D eigenvalue weighted by atomic mass is 10.1. The van der Waals surface area contributed by atoms with Crippen LogP contribution in [0.25, 0.3) is 10.9 Å². The molecule has 0 aliphatic rings. The van der Waals surface area contributed by atoms with Gasteiger partial charge in [0.15, 0.2) is 0 Å². The highest BCUT2D eigenvalue weighted by Gasteiger charge is 1.99. The number of rotatable bonds is 6. The second-order valence-electron chi connectivity index (χ2n) is 5.18. The average molecular weight is 280 g/mol. The maximum Gasteiger partial charge on any atom is 0.119 e. The lowest BCUT2D eigenvalue weighted by molar-refractivity contribution is 0.414. The minimum absolute atomic E-state index is 0.888. The van der Waals surface area contributed by atoms with E-state index >= 15 is 0 Å². The van der Waals surface area contributed by atoms with Crippen molar-refractivity contribution in [1.82, 2.24) is 10.3 Å². The van der Waals surface area contributed by atoms with Crippen molar-refractivity contribution < 1.29 is 4.74 Å². The zero-order valence-electron chi connectivity index (χ0n) is 12.2. The Morgan fingerprint density at radius 3 is 2.90 bits per heavy atom. The molecule has 0 radical (unpaired) electrons. The van der Waals surface area contributed by atoms with E-state index < -0.39 is 0 Å². The van der Waals surface area contributed by atoms with Crippen LogP contribution in [0.15, 0.2) is 54.7 Å². The number of fused-ring (bicyclic) bond motifs is 1. The number of H-pyrrole nitrogens is 1. The number of hydrogen-bond acceptors (Lipinski definition) is 2. The van der Waals surface area contributed by atoms with Gasteiger partial charge in [0.2, 0.25) is 0 Å². The van der Waals surface area contributed by atoms with Crippen LogP contribution in [0.1, 0.15) is 11.1 Å². The molecule has 0 atom stereocenters. The summed E-state index contributed by atoms with van der Waals surface area (Å²) < 4.78 is 5.24. The SMILES string of the molecule is COc1cccc(CCNCc2ccc3cc[nH]c3c2)c1. The largest absolute Gasteiger partial charge is 0.497 e. The number of ether oxygens (including phenoxy) is 1. The molecule has 0 bridgehead atoms. The van der Waals surface area contributed by atoms with Crippen molar-refractivity contribution in [3.8, 4) is 5.75 Å². The highest BCUT2D eigenvalue weighted by Crippen LogP contribution is 2.14. The van der Waals surface area contributed by atoms with E-state index in [1.165, 1.54) is 22.0 Å². The standard InChI is InChI=1S/C18H20N2O/c1-21-17-4-2-3-14(11-17)7-9-19-13-15-5-6-16-8-10-20-18(16)12-15/h2-6,8,10-12,19-20H,7,9,13H2,1H3.